The summed E-state index contributed by atoms with van der Waals surface area (Å²) in [7, 11) is -2.12. The van der Waals surface area contributed by atoms with Crippen LogP contribution in [0.2, 0.25) is 0 Å². The van der Waals surface area contributed by atoms with Gasteiger partial charge in [0.1, 0.15) is 18.1 Å². The van der Waals surface area contributed by atoms with E-state index >= 15 is 0 Å². The molecule has 2 fully saturated rings. The molecule has 17 heteroatoms. The maximum Gasteiger partial charge on any atom is 0.315 e. The summed E-state index contributed by atoms with van der Waals surface area (Å²) in [6.45, 7) is 18.1. The van der Waals surface area contributed by atoms with Crippen LogP contribution in [0.5, 0.6) is 0 Å². The van der Waals surface area contributed by atoms with E-state index in [2.05, 4.69) is 26.2 Å². The molecule has 2 aliphatic heterocycles. The third-order valence-electron chi connectivity index (χ3n) is 9.48. The van der Waals surface area contributed by atoms with Gasteiger partial charge in [-0.2, -0.15) is 0 Å². The molecule has 1 unspecified atom stereocenters. The minimum absolute atomic E-state index is 0.00506. The Morgan fingerprint density at radius 3 is 2.04 bits per heavy atom. The van der Waals surface area contributed by atoms with Gasteiger partial charge in [0.15, 0.2) is 0 Å². The summed E-state index contributed by atoms with van der Waals surface area (Å²) in [5.74, 6) is -2.37. The van der Waals surface area contributed by atoms with E-state index in [0.29, 0.717) is 39.3 Å². The fraction of sp³-hybridized carbons (Fsp3) is 0.879. The third kappa shape index (κ3) is 13.2. The molecule has 2 saturated heterocycles. The Morgan fingerprint density at radius 1 is 0.940 bits per heavy atom. The van der Waals surface area contributed by atoms with Gasteiger partial charge in [-0.15, -0.1) is 0 Å². The van der Waals surface area contributed by atoms with Crippen molar-refractivity contribution in [3.8, 4) is 0 Å². The van der Waals surface area contributed by atoms with E-state index in [-0.39, 0.29) is 31.5 Å². The summed E-state index contributed by atoms with van der Waals surface area (Å²) in [5.41, 5.74) is -1.38. The number of amides is 5. The highest BCUT2D eigenvalue weighted by Gasteiger charge is 2.48. The molecule has 14 nitrogen and oxygen atoms in total. The number of nitrogens with one attached hydrogen (secondary N) is 4. The van der Waals surface area contributed by atoms with Crippen LogP contribution in [0.1, 0.15) is 68.2 Å². The summed E-state index contributed by atoms with van der Waals surface area (Å²) in [6, 6.07) is -5.01. The van der Waals surface area contributed by atoms with Gasteiger partial charge in [-0.05, 0) is 29.1 Å². The van der Waals surface area contributed by atoms with Crippen LogP contribution in [-0.4, -0.2) is 143 Å². The average molecular weight is 738 g/mol. The third-order valence-corrected chi connectivity index (χ3v) is 10.8. The minimum Gasteiger partial charge on any atom is -0.379 e. The maximum atomic E-state index is 14.3. The first kappa shape index (κ1) is 43.5. The van der Waals surface area contributed by atoms with E-state index in [1.165, 1.54) is 11.9 Å². The van der Waals surface area contributed by atoms with Crippen molar-refractivity contribution in [1.82, 2.24) is 35.4 Å². The molecule has 290 valence electrons. The van der Waals surface area contributed by atoms with Gasteiger partial charge in [0.2, 0.25) is 34.2 Å². The molecule has 2 rings (SSSR count). The zero-order valence-corrected chi connectivity index (χ0v) is 32.3. The van der Waals surface area contributed by atoms with Crippen LogP contribution < -0.4 is 21.3 Å². The number of nitrogens with zero attached hydrogens (tertiary/aromatic N) is 3. The molecule has 0 aromatic heterocycles. The van der Waals surface area contributed by atoms with Crippen LogP contribution >= 0.6 is 0 Å². The minimum atomic E-state index is -3.53. The average Bonchev–Trinajstić information content (AvgIpc) is 3.43. The van der Waals surface area contributed by atoms with Crippen LogP contribution in [0.25, 0.3) is 0 Å². The zero-order valence-electron chi connectivity index (χ0n) is 31.5. The molecule has 0 bridgehead atoms. The van der Waals surface area contributed by atoms with Crippen LogP contribution in [0.3, 0.4) is 0 Å². The first-order valence-electron chi connectivity index (χ1n) is 17.4. The smallest absolute Gasteiger partial charge is 0.315 e. The molecule has 0 radical (unpaired) electrons. The van der Waals surface area contributed by atoms with Crippen molar-refractivity contribution in [2.45, 2.75) is 98.8 Å². The molecular formula is C33H61F2N7O7S. The topological polar surface area (TPSA) is 169 Å². The maximum absolute atomic E-state index is 14.3. The fourth-order valence-corrected chi connectivity index (χ4v) is 6.54. The number of carbonyl (C=O) groups excluding carboxylic acids is 4. The van der Waals surface area contributed by atoms with Crippen LogP contribution in [0, 0.1) is 22.7 Å². The summed E-state index contributed by atoms with van der Waals surface area (Å²) >= 11 is 0. The summed E-state index contributed by atoms with van der Waals surface area (Å²) in [5, 5.41) is 10.8. The van der Waals surface area contributed by atoms with Gasteiger partial charge in [-0.3, -0.25) is 19.3 Å². The predicted octanol–water partition coefficient (Wildman–Crippen LogP) is 1.47. The molecule has 0 aromatic carbocycles. The molecule has 5 amide bonds. The van der Waals surface area contributed by atoms with E-state index in [0.717, 1.165) is 10.6 Å². The first-order chi connectivity index (χ1) is 22.9. The second-order valence-electron chi connectivity index (χ2n) is 16.0. The number of hydrogen-bond acceptors (Lipinski definition) is 8. The largest absolute Gasteiger partial charge is 0.379 e. The van der Waals surface area contributed by atoms with E-state index in [1.54, 1.807) is 20.8 Å². The van der Waals surface area contributed by atoms with Crippen molar-refractivity contribution in [3.63, 3.8) is 0 Å². The number of urea groups is 1. The molecular weight excluding hydrogens is 676 g/mol. The molecule has 50 heavy (non-hydrogen) atoms. The van der Waals surface area contributed by atoms with Gasteiger partial charge in [-0.25, -0.2) is 26.3 Å². The first-order valence-corrected chi connectivity index (χ1v) is 19.2. The second kappa shape index (κ2) is 18.2. The molecule has 4 N–H and O–H groups in total. The Balaban J connectivity index is 2.27. The summed E-state index contributed by atoms with van der Waals surface area (Å²) in [4.78, 5) is 58.2. The number of carbonyl (C=O) groups is 4. The van der Waals surface area contributed by atoms with Gasteiger partial charge < -0.3 is 30.9 Å². The van der Waals surface area contributed by atoms with Gasteiger partial charge in [0, 0.05) is 58.8 Å². The zero-order chi connectivity index (χ0) is 38.2. The molecule has 2 aliphatic rings. The highest BCUT2D eigenvalue weighted by atomic mass is 32.2. The van der Waals surface area contributed by atoms with Crippen LogP contribution in [0.15, 0.2) is 0 Å². The van der Waals surface area contributed by atoms with E-state index in [9.17, 15) is 36.4 Å². The fourth-order valence-electron chi connectivity index (χ4n) is 6.12. The number of likely N-dealkylation sites (tertiary alicyclic amines) is 1. The van der Waals surface area contributed by atoms with Crippen molar-refractivity contribution in [2.75, 3.05) is 65.8 Å². The highest BCUT2D eigenvalue weighted by Crippen LogP contribution is 2.33. The molecule has 0 aromatic rings. The van der Waals surface area contributed by atoms with Gasteiger partial charge in [-0.1, -0.05) is 55.4 Å². The number of sulfonamides is 1. The van der Waals surface area contributed by atoms with Crippen molar-refractivity contribution >= 4 is 33.8 Å². The molecule has 0 saturated carbocycles. The summed E-state index contributed by atoms with van der Waals surface area (Å²) in [6.07, 6.45) is -2.23. The number of ether oxygens (including phenoxy) is 1. The normalized spacial score (nSPS) is 21.2. The number of hydrogen-bond donors (Lipinski definition) is 4. The van der Waals surface area contributed by atoms with Crippen molar-refractivity contribution in [3.05, 3.63) is 0 Å². The SMILES string of the molecule is CC(C)C1CCN(C(=O)[C@@H](NC(=O)N[C@H](CN(C)S(C)(=O)=O)C(C)(C)C)C(C)(C)C)[C@@H]1C(=O)N[C@@H](CC(F)F)C(=O)NCCN1CCOCC1. The Bertz CT molecular complexity index is 1270. The lowest BCUT2D eigenvalue weighted by molar-refractivity contribution is -0.144. The monoisotopic (exact) mass is 737 g/mol. The Morgan fingerprint density at radius 2 is 1.54 bits per heavy atom. The lowest BCUT2D eigenvalue weighted by Crippen LogP contribution is -2.62. The second-order valence-corrected chi connectivity index (χ2v) is 18.1. The number of morpholine rings is 1. The Labute approximate surface area is 297 Å². The quantitative estimate of drug-likeness (QED) is 0.196. The molecule has 5 atom stereocenters. The standard InChI is InChI=1S/C33H61F2N7O7S/c1-21(2)22-11-13-42(26(22)29(44)37-23(19-25(34)35)28(43)36-12-14-41-15-17-49-18-16-41)30(45)27(33(6,7)8)39-31(46)38-24(32(3,4)5)20-40(9)50(10,47)48/h21-27H,11-20H2,1-10H3,(H,36,43)(H,37,44)(H2,38,39,46)/t22?,23-,24+,26-,27+/m0/s1. The molecule has 0 aliphatic carbocycles. The van der Waals surface area contributed by atoms with Gasteiger partial charge in [0.25, 0.3) is 0 Å². The van der Waals surface area contributed by atoms with Crippen molar-refractivity contribution < 1.29 is 41.1 Å². The van der Waals surface area contributed by atoms with Gasteiger partial charge >= 0.3 is 6.03 Å². The number of alkyl halides is 2. The molecule has 2 heterocycles. The summed E-state index contributed by atoms with van der Waals surface area (Å²) < 4.78 is 58.0. The van der Waals surface area contributed by atoms with Crippen molar-refractivity contribution in [2.24, 2.45) is 22.7 Å². The van der Waals surface area contributed by atoms with E-state index in [4.69, 9.17) is 4.74 Å². The number of halogens is 2. The van der Waals surface area contributed by atoms with Gasteiger partial charge in [0.05, 0.1) is 19.5 Å². The lowest BCUT2D eigenvalue weighted by atomic mass is 9.84. The Hall–Kier alpha value is -2.63. The number of rotatable bonds is 15. The molecule has 0 spiro atoms. The van der Waals surface area contributed by atoms with Crippen LogP contribution in [0.4, 0.5) is 13.6 Å². The van der Waals surface area contributed by atoms with E-state index < -0.39 is 81.6 Å². The van der Waals surface area contributed by atoms with Crippen molar-refractivity contribution in [1.29, 1.82) is 0 Å². The number of likely N-dealkylation sites (N-methyl/N-ethyl adjacent to an activating group) is 1. The Kier molecular flexibility index (Phi) is 15.9. The highest BCUT2D eigenvalue weighted by molar-refractivity contribution is 7.88. The lowest BCUT2D eigenvalue weighted by Gasteiger charge is -2.38. The van der Waals surface area contributed by atoms with E-state index in [1.807, 2.05) is 34.6 Å². The predicted molar refractivity (Wildman–Crippen MR) is 187 cm³/mol. The van der Waals surface area contributed by atoms with Crippen LogP contribution in [-0.2, 0) is 29.1 Å².